The van der Waals surface area contributed by atoms with Gasteiger partial charge in [-0.15, -0.1) is 0 Å². The van der Waals surface area contributed by atoms with Crippen molar-refractivity contribution in [2.75, 3.05) is 21.2 Å². The molecular weight excluding hydrogens is 236 g/mol. The lowest BCUT2D eigenvalue weighted by Gasteiger charge is -2.18. The van der Waals surface area contributed by atoms with Crippen LogP contribution in [0.2, 0.25) is 0 Å². The van der Waals surface area contributed by atoms with Gasteiger partial charge in [-0.1, -0.05) is 36.4 Å². The maximum absolute atomic E-state index is 5.63. The highest BCUT2D eigenvalue weighted by Crippen LogP contribution is 2.27. The minimum Gasteiger partial charge on any atom is -0.496 e. The smallest absolute Gasteiger partial charge is 0.131 e. The Hall–Kier alpha value is -2.03. The van der Waals surface area contributed by atoms with Gasteiger partial charge in [-0.3, -0.25) is 0 Å². The molecule has 19 heavy (non-hydrogen) atoms. The first-order chi connectivity index (χ1) is 9.22. The summed E-state index contributed by atoms with van der Waals surface area (Å²) >= 11 is 0. The molecular formula is C16H20N2O. The monoisotopic (exact) mass is 256 g/mol. The number of benzene rings is 1. The van der Waals surface area contributed by atoms with Crippen LogP contribution < -0.4 is 0 Å². The van der Waals surface area contributed by atoms with E-state index in [0.29, 0.717) is 0 Å². The standard InChI is InChI=1S/C16H20N2O/c1-18(2)17-15-12-8-7-11-14(15)16(19-3)13-9-5-4-6-10-13/h4-6,8-10,12H,7,11H2,1-3H3. The molecule has 0 N–H and O–H groups in total. The first kappa shape index (κ1) is 13.4. The van der Waals surface area contributed by atoms with Gasteiger partial charge >= 0.3 is 0 Å². The first-order valence-electron chi connectivity index (χ1n) is 6.47. The van der Waals surface area contributed by atoms with Gasteiger partial charge in [0.2, 0.25) is 0 Å². The molecule has 2 rings (SSSR count). The minimum atomic E-state index is 0.922. The normalized spacial score (nSPS) is 19.4. The van der Waals surface area contributed by atoms with Gasteiger partial charge < -0.3 is 9.75 Å². The molecule has 0 radical (unpaired) electrons. The number of ether oxygens (including phenoxy) is 1. The van der Waals surface area contributed by atoms with Gasteiger partial charge in [-0.2, -0.15) is 5.10 Å². The predicted octanol–water partition coefficient (Wildman–Crippen LogP) is 3.31. The third-order valence-electron chi connectivity index (χ3n) is 2.97. The third kappa shape index (κ3) is 3.25. The lowest BCUT2D eigenvalue weighted by atomic mass is 9.95. The van der Waals surface area contributed by atoms with E-state index < -0.39 is 0 Å². The lowest BCUT2D eigenvalue weighted by Crippen LogP contribution is -2.13. The molecule has 0 spiro atoms. The molecule has 0 bridgehead atoms. The van der Waals surface area contributed by atoms with Crippen molar-refractivity contribution in [1.82, 2.24) is 5.01 Å². The Kier molecular flexibility index (Phi) is 4.39. The van der Waals surface area contributed by atoms with Crippen LogP contribution in [0.25, 0.3) is 5.76 Å². The van der Waals surface area contributed by atoms with Gasteiger partial charge in [0, 0.05) is 25.2 Å². The molecule has 1 aromatic rings. The molecule has 100 valence electrons. The summed E-state index contributed by atoms with van der Waals surface area (Å²) in [5, 5.41) is 6.36. The molecule has 3 nitrogen and oxygen atoms in total. The van der Waals surface area contributed by atoms with Crippen molar-refractivity contribution >= 4 is 11.5 Å². The van der Waals surface area contributed by atoms with Gasteiger partial charge in [0.15, 0.2) is 0 Å². The maximum atomic E-state index is 5.63. The Morgan fingerprint density at radius 1 is 1.21 bits per heavy atom. The van der Waals surface area contributed by atoms with Gasteiger partial charge in [-0.05, 0) is 18.9 Å². The summed E-state index contributed by atoms with van der Waals surface area (Å²) in [7, 11) is 5.59. The third-order valence-corrected chi connectivity index (χ3v) is 2.97. The molecule has 0 fully saturated rings. The maximum Gasteiger partial charge on any atom is 0.131 e. The van der Waals surface area contributed by atoms with E-state index in [1.165, 1.54) is 5.57 Å². The Morgan fingerprint density at radius 2 is 1.95 bits per heavy atom. The molecule has 0 atom stereocenters. The summed E-state index contributed by atoms with van der Waals surface area (Å²) in [5.41, 5.74) is 3.25. The van der Waals surface area contributed by atoms with Crippen LogP contribution in [0.5, 0.6) is 0 Å². The van der Waals surface area contributed by atoms with Crippen LogP contribution in [0.15, 0.2) is 53.2 Å². The van der Waals surface area contributed by atoms with Gasteiger partial charge in [-0.25, -0.2) is 0 Å². The summed E-state index contributed by atoms with van der Waals surface area (Å²) in [4.78, 5) is 0. The molecule has 1 aliphatic rings. The summed E-state index contributed by atoms with van der Waals surface area (Å²) in [6, 6.07) is 10.2. The van der Waals surface area contributed by atoms with E-state index in [0.717, 1.165) is 29.9 Å². The largest absolute Gasteiger partial charge is 0.496 e. The van der Waals surface area contributed by atoms with Crippen molar-refractivity contribution in [3.8, 4) is 0 Å². The molecule has 0 saturated heterocycles. The van der Waals surface area contributed by atoms with Crippen molar-refractivity contribution in [3.05, 3.63) is 53.6 Å². The minimum absolute atomic E-state index is 0.922. The number of rotatable bonds is 3. The molecule has 3 heteroatoms. The second-order valence-corrected chi connectivity index (χ2v) is 4.65. The van der Waals surface area contributed by atoms with Crippen LogP contribution in [0.1, 0.15) is 18.4 Å². The average Bonchev–Trinajstić information content (AvgIpc) is 2.42. The highest BCUT2D eigenvalue weighted by atomic mass is 16.5. The molecule has 0 aromatic heterocycles. The summed E-state index contributed by atoms with van der Waals surface area (Å²) < 4.78 is 5.63. The Bertz CT molecular complexity index is 513. The number of hydrogen-bond acceptors (Lipinski definition) is 3. The van der Waals surface area contributed by atoms with E-state index in [1.54, 1.807) is 7.11 Å². The molecule has 0 saturated carbocycles. The second-order valence-electron chi connectivity index (χ2n) is 4.65. The van der Waals surface area contributed by atoms with E-state index in [1.807, 2.05) is 37.3 Å². The molecule has 1 aromatic carbocycles. The quantitative estimate of drug-likeness (QED) is 0.612. The van der Waals surface area contributed by atoms with Crippen molar-refractivity contribution in [3.63, 3.8) is 0 Å². The van der Waals surface area contributed by atoms with Crippen LogP contribution >= 0.6 is 0 Å². The zero-order valence-electron chi connectivity index (χ0n) is 11.8. The number of hydrazone groups is 1. The van der Waals surface area contributed by atoms with Gasteiger partial charge in [0.05, 0.1) is 12.8 Å². The van der Waals surface area contributed by atoms with Crippen molar-refractivity contribution in [2.24, 2.45) is 5.10 Å². The van der Waals surface area contributed by atoms with E-state index in [9.17, 15) is 0 Å². The molecule has 0 heterocycles. The summed E-state index contributed by atoms with van der Waals surface area (Å²) in [6.45, 7) is 0. The fraction of sp³-hybridized carbons (Fsp3) is 0.312. The van der Waals surface area contributed by atoms with Crippen molar-refractivity contribution < 1.29 is 4.74 Å². The van der Waals surface area contributed by atoms with Crippen LogP contribution in [0.4, 0.5) is 0 Å². The van der Waals surface area contributed by atoms with E-state index in [4.69, 9.17) is 4.74 Å². The fourth-order valence-corrected chi connectivity index (χ4v) is 2.20. The number of nitrogens with zero attached hydrogens (tertiary/aromatic N) is 2. The predicted molar refractivity (Wildman–Crippen MR) is 79.9 cm³/mol. The van der Waals surface area contributed by atoms with E-state index in [-0.39, 0.29) is 0 Å². The lowest BCUT2D eigenvalue weighted by molar-refractivity contribution is 0.366. The SMILES string of the molecule is COC(=C1CCC=CC1=NN(C)C)c1ccccc1. The van der Waals surface area contributed by atoms with Gasteiger partial charge in [0.25, 0.3) is 0 Å². The van der Waals surface area contributed by atoms with Crippen molar-refractivity contribution in [1.29, 1.82) is 0 Å². The van der Waals surface area contributed by atoms with Gasteiger partial charge in [0.1, 0.15) is 5.76 Å². The van der Waals surface area contributed by atoms with Crippen LogP contribution in [0, 0.1) is 0 Å². The number of hydrogen-bond donors (Lipinski definition) is 0. The molecule has 0 amide bonds. The topological polar surface area (TPSA) is 24.8 Å². The van der Waals surface area contributed by atoms with Crippen LogP contribution in [0.3, 0.4) is 0 Å². The first-order valence-corrected chi connectivity index (χ1v) is 6.47. The summed E-state index contributed by atoms with van der Waals surface area (Å²) in [6.07, 6.45) is 6.22. The second kappa shape index (κ2) is 6.23. The number of allylic oxidation sites excluding steroid dienone is 3. The molecule has 1 aliphatic carbocycles. The summed E-state index contributed by atoms with van der Waals surface area (Å²) in [5.74, 6) is 0.922. The van der Waals surface area contributed by atoms with E-state index >= 15 is 0 Å². The molecule has 0 aliphatic heterocycles. The highest BCUT2D eigenvalue weighted by Gasteiger charge is 2.16. The Balaban J connectivity index is 2.50. The number of methoxy groups -OCH3 is 1. The van der Waals surface area contributed by atoms with Crippen LogP contribution in [-0.4, -0.2) is 31.9 Å². The molecule has 0 unspecified atom stereocenters. The van der Waals surface area contributed by atoms with Crippen molar-refractivity contribution in [2.45, 2.75) is 12.8 Å². The average molecular weight is 256 g/mol. The Labute approximate surface area is 114 Å². The fourth-order valence-electron chi connectivity index (χ4n) is 2.20. The van der Waals surface area contributed by atoms with Crippen LogP contribution in [-0.2, 0) is 4.74 Å². The Morgan fingerprint density at radius 3 is 2.58 bits per heavy atom. The highest BCUT2D eigenvalue weighted by molar-refractivity contribution is 6.12. The zero-order valence-corrected chi connectivity index (χ0v) is 11.8. The zero-order chi connectivity index (χ0) is 13.7. The van der Waals surface area contributed by atoms with E-state index in [2.05, 4.69) is 29.4 Å².